The average molecular weight is 530 g/mol. The number of halogens is 1. The zero-order chi connectivity index (χ0) is 26.9. The van der Waals surface area contributed by atoms with Gasteiger partial charge < -0.3 is 4.90 Å². The Bertz CT molecular complexity index is 1670. The van der Waals surface area contributed by atoms with E-state index in [2.05, 4.69) is 0 Å². The number of Topliss-reactive ketones (excluding diaryl/α,β-unsaturated/α-hetero) is 3. The third-order valence-corrected chi connectivity index (χ3v) is 8.76. The van der Waals surface area contributed by atoms with Crippen LogP contribution in [0.4, 0.5) is 5.69 Å². The Morgan fingerprint density at radius 3 is 2.13 bits per heavy atom. The molecule has 2 aliphatic heterocycles. The highest BCUT2D eigenvalue weighted by Gasteiger charge is 2.71. The zero-order valence-corrected chi connectivity index (χ0v) is 21.9. The van der Waals surface area contributed by atoms with Crippen molar-refractivity contribution in [2.45, 2.75) is 24.9 Å². The lowest BCUT2D eigenvalue weighted by atomic mass is 9.64. The summed E-state index contributed by atoms with van der Waals surface area (Å²) in [5, 5.41) is 0.576. The largest absolute Gasteiger partial charge is 0.352 e. The maximum atomic E-state index is 14.6. The van der Waals surface area contributed by atoms with Crippen molar-refractivity contribution in [2.24, 2.45) is 5.41 Å². The van der Waals surface area contributed by atoms with Gasteiger partial charge in [0.15, 0.2) is 17.3 Å². The van der Waals surface area contributed by atoms with Crippen molar-refractivity contribution >= 4 is 40.7 Å². The van der Waals surface area contributed by atoms with E-state index in [-0.39, 0.29) is 17.3 Å². The minimum absolute atomic E-state index is 0.129. The van der Waals surface area contributed by atoms with E-state index in [0.717, 1.165) is 22.4 Å². The first-order valence-electron chi connectivity index (χ1n) is 13.0. The molecule has 3 aliphatic rings. The molecule has 1 aliphatic carbocycles. The molecule has 1 spiro atoms. The van der Waals surface area contributed by atoms with Crippen LogP contribution >= 0.6 is 11.6 Å². The van der Waals surface area contributed by atoms with Gasteiger partial charge >= 0.3 is 0 Å². The van der Waals surface area contributed by atoms with Gasteiger partial charge in [-0.15, -0.1) is 0 Å². The molecule has 0 amide bonds. The van der Waals surface area contributed by atoms with Crippen molar-refractivity contribution < 1.29 is 14.4 Å². The maximum absolute atomic E-state index is 14.6. The van der Waals surface area contributed by atoms with E-state index < -0.39 is 23.4 Å². The van der Waals surface area contributed by atoms with Crippen LogP contribution in [-0.2, 0) is 0 Å². The molecule has 1 unspecified atom stereocenters. The van der Waals surface area contributed by atoms with Crippen molar-refractivity contribution in [3.05, 3.63) is 142 Å². The van der Waals surface area contributed by atoms with Gasteiger partial charge in [-0.1, -0.05) is 108 Å². The van der Waals surface area contributed by atoms with E-state index in [9.17, 15) is 14.4 Å². The normalized spacial score (nSPS) is 22.1. The highest BCUT2D eigenvalue weighted by atomic mass is 35.5. The van der Waals surface area contributed by atoms with E-state index in [1.807, 2.05) is 78.6 Å². The molecule has 4 nitrogen and oxygen atoms in total. The summed E-state index contributed by atoms with van der Waals surface area (Å²) < 4.78 is 0. The van der Waals surface area contributed by atoms with Crippen LogP contribution in [0.25, 0.3) is 6.08 Å². The Morgan fingerprint density at radius 1 is 0.821 bits per heavy atom. The van der Waals surface area contributed by atoms with Crippen molar-refractivity contribution in [1.29, 1.82) is 0 Å². The van der Waals surface area contributed by atoms with Crippen LogP contribution in [0.5, 0.6) is 0 Å². The number of rotatable bonds is 3. The number of fused-ring (bicyclic) bond motifs is 5. The smallest absolute Gasteiger partial charge is 0.185 e. The summed E-state index contributed by atoms with van der Waals surface area (Å²) >= 11 is 6.35. The standard InChI is InChI=1S/C34H24ClNO3/c1-20-11-13-21(14-12-20)29-30(31(37)22-7-3-2-4-8-22)36-27-17-16-24(35)19-23(27)15-18-28(36)34(29)32(38)25-9-5-6-10-26(25)33(34)39/h2-19,28-30H,1H3/t28?,29-,30+/m0/s1. The molecule has 0 radical (unpaired) electrons. The zero-order valence-electron chi connectivity index (χ0n) is 21.2. The molecule has 4 aromatic rings. The SMILES string of the molecule is Cc1ccc([C@H]2[C@H](C(=O)c3ccccc3)N3c4ccc(Cl)cc4C=CC3C23C(=O)c2ccccc2C3=O)cc1. The third kappa shape index (κ3) is 3.22. The third-order valence-electron chi connectivity index (χ3n) is 8.53. The molecule has 4 aromatic carbocycles. The van der Waals surface area contributed by atoms with Gasteiger partial charge in [0.2, 0.25) is 0 Å². The number of hydrogen-bond acceptors (Lipinski definition) is 4. The number of anilines is 1. The summed E-state index contributed by atoms with van der Waals surface area (Å²) in [6, 6.07) is 28.1. The molecule has 39 heavy (non-hydrogen) atoms. The molecule has 0 saturated carbocycles. The fourth-order valence-electron chi connectivity index (χ4n) is 6.87. The predicted octanol–water partition coefficient (Wildman–Crippen LogP) is 6.96. The molecule has 5 heteroatoms. The topological polar surface area (TPSA) is 54.5 Å². The van der Waals surface area contributed by atoms with Crippen molar-refractivity contribution in [3.63, 3.8) is 0 Å². The van der Waals surface area contributed by atoms with Gasteiger partial charge in [-0.05, 0) is 36.2 Å². The lowest BCUT2D eigenvalue weighted by Gasteiger charge is -2.37. The molecule has 7 rings (SSSR count). The van der Waals surface area contributed by atoms with Gasteiger partial charge in [-0.25, -0.2) is 0 Å². The summed E-state index contributed by atoms with van der Waals surface area (Å²) in [4.78, 5) is 45.7. The lowest BCUT2D eigenvalue weighted by molar-refractivity contribution is 0.0666. The maximum Gasteiger partial charge on any atom is 0.185 e. The van der Waals surface area contributed by atoms with E-state index in [4.69, 9.17) is 11.6 Å². The number of carbonyl (C=O) groups excluding carboxylic acids is 3. The van der Waals surface area contributed by atoms with Crippen LogP contribution in [-0.4, -0.2) is 29.4 Å². The van der Waals surface area contributed by atoms with E-state index >= 15 is 0 Å². The Kier molecular flexibility index (Phi) is 5.26. The molecular formula is C34H24ClNO3. The fourth-order valence-corrected chi connectivity index (χ4v) is 7.05. The van der Waals surface area contributed by atoms with Crippen LogP contribution in [0.1, 0.15) is 53.7 Å². The molecule has 0 bridgehead atoms. The Balaban J connectivity index is 1.55. The van der Waals surface area contributed by atoms with Gasteiger partial charge in [-0.2, -0.15) is 0 Å². The first-order chi connectivity index (χ1) is 18.9. The lowest BCUT2D eigenvalue weighted by Crippen LogP contribution is -2.48. The molecule has 1 saturated heterocycles. The van der Waals surface area contributed by atoms with Gasteiger partial charge in [-0.3, -0.25) is 14.4 Å². The number of carbonyl (C=O) groups is 3. The van der Waals surface area contributed by atoms with E-state index in [0.29, 0.717) is 21.7 Å². The molecule has 0 N–H and O–H groups in total. The van der Waals surface area contributed by atoms with Crippen LogP contribution in [0.3, 0.4) is 0 Å². The number of ketones is 3. The minimum atomic E-state index is -1.50. The summed E-state index contributed by atoms with van der Waals surface area (Å²) in [5.74, 6) is -1.30. The summed E-state index contributed by atoms with van der Waals surface area (Å²) in [5.41, 5.74) is 3.36. The Morgan fingerprint density at radius 2 is 1.46 bits per heavy atom. The first kappa shape index (κ1) is 23.8. The van der Waals surface area contributed by atoms with Crippen LogP contribution in [0.2, 0.25) is 5.02 Å². The molecular weight excluding hydrogens is 506 g/mol. The molecule has 0 aromatic heterocycles. The van der Waals surface area contributed by atoms with Crippen LogP contribution in [0, 0.1) is 12.3 Å². The number of aryl methyl sites for hydroxylation is 1. The van der Waals surface area contributed by atoms with Crippen molar-refractivity contribution in [2.75, 3.05) is 4.90 Å². The van der Waals surface area contributed by atoms with Crippen LogP contribution < -0.4 is 4.90 Å². The van der Waals surface area contributed by atoms with Crippen LogP contribution in [0.15, 0.2) is 103 Å². The van der Waals surface area contributed by atoms with Gasteiger partial charge in [0.05, 0.1) is 6.04 Å². The number of nitrogens with zero attached hydrogens (tertiary/aromatic N) is 1. The average Bonchev–Trinajstić information content (AvgIpc) is 3.39. The van der Waals surface area contributed by atoms with Crippen molar-refractivity contribution in [1.82, 2.24) is 0 Å². The monoisotopic (exact) mass is 529 g/mol. The highest BCUT2D eigenvalue weighted by Crippen LogP contribution is 2.61. The summed E-state index contributed by atoms with van der Waals surface area (Å²) in [6.45, 7) is 1.99. The Labute approximate surface area is 231 Å². The second kappa shape index (κ2) is 8.62. The highest BCUT2D eigenvalue weighted by molar-refractivity contribution is 6.32. The number of hydrogen-bond donors (Lipinski definition) is 0. The quantitative estimate of drug-likeness (QED) is 0.212. The second-order valence-corrected chi connectivity index (χ2v) is 11.0. The molecule has 2 heterocycles. The number of benzene rings is 4. The van der Waals surface area contributed by atoms with Gasteiger partial charge in [0, 0.05) is 33.3 Å². The second-order valence-electron chi connectivity index (χ2n) is 10.6. The predicted molar refractivity (Wildman–Crippen MR) is 153 cm³/mol. The minimum Gasteiger partial charge on any atom is -0.352 e. The van der Waals surface area contributed by atoms with Gasteiger partial charge in [0.1, 0.15) is 11.5 Å². The van der Waals surface area contributed by atoms with Crippen molar-refractivity contribution in [3.8, 4) is 0 Å². The molecule has 3 atom stereocenters. The fraction of sp³-hybridized carbons (Fsp3) is 0.147. The summed E-state index contributed by atoms with van der Waals surface area (Å²) in [7, 11) is 0. The van der Waals surface area contributed by atoms with Gasteiger partial charge in [0.25, 0.3) is 0 Å². The molecule has 190 valence electrons. The Hall–Kier alpha value is -4.28. The first-order valence-corrected chi connectivity index (χ1v) is 13.4. The van der Waals surface area contributed by atoms with E-state index in [1.54, 1.807) is 42.5 Å². The summed E-state index contributed by atoms with van der Waals surface area (Å²) in [6.07, 6.45) is 3.84. The molecule has 1 fully saturated rings. The van der Waals surface area contributed by atoms with E-state index in [1.165, 1.54) is 0 Å².